The van der Waals surface area contributed by atoms with Gasteiger partial charge in [0.25, 0.3) is 0 Å². The standard InChI is InChI=1S/C28H35OS.C2HF3O2/c1-2-3-4-5-6-7-8-15-24-29-25-20-22-28(23-21-25)30(26-16-11-9-12-17-26)27-18-13-10-14-19-27;3-2(4,5)1(6)7/h9-14,16-23H,2-8,15,24H2,1H3;(H,6,7)/q+1;/p-1. The minimum Gasteiger partial charge on any atom is -0.542 e. The maximum absolute atomic E-state index is 10.5. The fourth-order valence-electron chi connectivity index (χ4n) is 3.62. The first-order valence-corrected chi connectivity index (χ1v) is 13.9. The summed E-state index contributed by atoms with van der Waals surface area (Å²) in [7, 11) is -0.0923. The van der Waals surface area contributed by atoms with Crippen LogP contribution in [0.3, 0.4) is 0 Å². The van der Waals surface area contributed by atoms with Crippen LogP contribution in [-0.4, -0.2) is 18.8 Å². The van der Waals surface area contributed by atoms with E-state index in [0.29, 0.717) is 0 Å². The number of halogens is 3. The van der Waals surface area contributed by atoms with E-state index in [4.69, 9.17) is 14.6 Å². The number of hydrogen-bond acceptors (Lipinski definition) is 3. The van der Waals surface area contributed by atoms with Crippen molar-refractivity contribution in [2.75, 3.05) is 6.61 Å². The highest BCUT2D eigenvalue weighted by molar-refractivity contribution is 7.97. The third kappa shape index (κ3) is 11.8. The van der Waals surface area contributed by atoms with E-state index in [0.717, 1.165) is 18.8 Å². The summed E-state index contributed by atoms with van der Waals surface area (Å²) >= 11 is 0. The number of hydrogen-bond donors (Lipinski definition) is 0. The van der Waals surface area contributed by atoms with Crippen LogP contribution in [0.25, 0.3) is 0 Å². The number of carboxylic acids is 1. The van der Waals surface area contributed by atoms with E-state index in [9.17, 15) is 13.2 Å². The van der Waals surface area contributed by atoms with Crippen LogP contribution < -0.4 is 9.84 Å². The van der Waals surface area contributed by atoms with Crippen LogP contribution in [0.4, 0.5) is 13.2 Å². The van der Waals surface area contributed by atoms with Crippen LogP contribution in [0.2, 0.25) is 0 Å². The fourth-order valence-corrected chi connectivity index (χ4v) is 5.70. The largest absolute Gasteiger partial charge is 0.542 e. The molecule has 200 valence electrons. The van der Waals surface area contributed by atoms with Crippen LogP contribution in [0.15, 0.2) is 99.6 Å². The molecule has 37 heavy (non-hydrogen) atoms. The molecule has 0 aliphatic rings. The molecular formula is C30H35F3O3S. The van der Waals surface area contributed by atoms with Crippen molar-refractivity contribution in [1.29, 1.82) is 0 Å². The Morgan fingerprint density at radius 3 is 1.54 bits per heavy atom. The monoisotopic (exact) mass is 532 g/mol. The number of benzene rings is 3. The predicted octanol–water partition coefficient (Wildman–Crippen LogP) is 7.60. The van der Waals surface area contributed by atoms with Gasteiger partial charge in [-0.25, -0.2) is 0 Å². The fraction of sp³-hybridized carbons (Fsp3) is 0.367. The van der Waals surface area contributed by atoms with Gasteiger partial charge in [0.05, 0.1) is 17.5 Å². The maximum Gasteiger partial charge on any atom is 0.430 e. The van der Waals surface area contributed by atoms with Crippen molar-refractivity contribution in [2.24, 2.45) is 0 Å². The first-order chi connectivity index (χ1) is 17.8. The van der Waals surface area contributed by atoms with Crippen molar-refractivity contribution in [3.05, 3.63) is 84.9 Å². The highest BCUT2D eigenvalue weighted by atomic mass is 32.2. The predicted molar refractivity (Wildman–Crippen MR) is 141 cm³/mol. The average Bonchev–Trinajstić information content (AvgIpc) is 2.90. The number of aliphatic carboxylic acids is 1. The quantitative estimate of drug-likeness (QED) is 0.168. The molecule has 0 saturated carbocycles. The van der Waals surface area contributed by atoms with Crippen LogP contribution in [0.1, 0.15) is 58.3 Å². The molecule has 0 bridgehead atoms. The Hall–Kier alpha value is -2.93. The summed E-state index contributed by atoms with van der Waals surface area (Å²) in [6.45, 7) is 3.09. The molecule has 0 atom stereocenters. The molecule has 3 nitrogen and oxygen atoms in total. The molecule has 3 aromatic carbocycles. The van der Waals surface area contributed by atoms with E-state index >= 15 is 0 Å². The van der Waals surface area contributed by atoms with Gasteiger partial charge in [-0.2, -0.15) is 13.2 Å². The second kappa shape index (κ2) is 16.7. The Labute approximate surface area is 221 Å². The topological polar surface area (TPSA) is 49.4 Å². The van der Waals surface area contributed by atoms with Crippen LogP contribution in [0.5, 0.6) is 5.75 Å². The lowest BCUT2D eigenvalue weighted by molar-refractivity contribution is -0.344. The van der Waals surface area contributed by atoms with E-state index in [1.54, 1.807) is 0 Å². The lowest BCUT2D eigenvalue weighted by Gasteiger charge is -2.09. The normalized spacial score (nSPS) is 11.1. The molecule has 0 fully saturated rings. The molecule has 0 N–H and O–H groups in total. The molecule has 0 heterocycles. The van der Waals surface area contributed by atoms with Crippen LogP contribution >= 0.6 is 0 Å². The summed E-state index contributed by atoms with van der Waals surface area (Å²) in [5.41, 5.74) is 0. The van der Waals surface area contributed by atoms with Crippen molar-refractivity contribution in [1.82, 2.24) is 0 Å². The number of alkyl halides is 3. The summed E-state index contributed by atoms with van der Waals surface area (Å²) in [6, 6.07) is 30.3. The number of carbonyl (C=O) groups is 1. The number of unbranched alkanes of at least 4 members (excludes halogenated alkanes) is 7. The van der Waals surface area contributed by atoms with Gasteiger partial charge in [0.15, 0.2) is 14.7 Å². The van der Waals surface area contributed by atoms with Crippen molar-refractivity contribution in [3.8, 4) is 5.75 Å². The van der Waals surface area contributed by atoms with Crippen molar-refractivity contribution >= 4 is 16.9 Å². The Morgan fingerprint density at radius 1 is 0.703 bits per heavy atom. The lowest BCUT2D eigenvalue weighted by atomic mass is 10.1. The molecule has 0 aromatic heterocycles. The first kappa shape index (κ1) is 30.3. The number of carboxylic acid groups (broad SMARTS) is 1. The Balaban J connectivity index is 0.000000604. The first-order valence-electron chi connectivity index (χ1n) is 12.7. The molecular weight excluding hydrogens is 497 g/mol. The number of ether oxygens (including phenoxy) is 1. The lowest BCUT2D eigenvalue weighted by Crippen LogP contribution is -2.37. The zero-order valence-electron chi connectivity index (χ0n) is 21.2. The third-order valence-electron chi connectivity index (χ3n) is 5.52. The van der Waals surface area contributed by atoms with Gasteiger partial charge in [-0.3, -0.25) is 0 Å². The van der Waals surface area contributed by atoms with Crippen LogP contribution in [-0.2, 0) is 15.7 Å². The molecule has 0 amide bonds. The van der Waals surface area contributed by atoms with E-state index in [1.165, 1.54) is 59.6 Å². The van der Waals surface area contributed by atoms with Gasteiger partial charge >= 0.3 is 6.18 Å². The van der Waals surface area contributed by atoms with E-state index in [-0.39, 0.29) is 10.9 Å². The van der Waals surface area contributed by atoms with Gasteiger partial charge in [0, 0.05) is 0 Å². The van der Waals surface area contributed by atoms with E-state index in [1.807, 2.05) is 0 Å². The zero-order chi connectivity index (χ0) is 26.9. The van der Waals surface area contributed by atoms with E-state index in [2.05, 4.69) is 91.9 Å². The number of rotatable bonds is 13. The maximum atomic E-state index is 10.5. The van der Waals surface area contributed by atoms with Crippen molar-refractivity contribution in [3.63, 3.8) is 0 Å². The molecule has 3 aromatic rings. The SMILES string of the molecule is CCCCCCCCCCOc1ccc([S+](c2ccccc2)c2ccccc2)cc1.O=C([O-])C(F)(F)F. The highest BCUT2D eigenvalue weighted by Gasteiger charge is 2.29. The van der Waals surface area contributed by atoms with E-state index < -0.39 is 12.1 Å². The minimum absolute atomic E-state index is 0.0923. The highest BCUT2D eigenvalue weighted by Crippen LogP contribution is 2.31. The molecule has 0 spiro atoms. The van der Waals surface area contributed by atoms with Crippen molar-refractivity contribution in [2.45, 2.75) is 79.2 Å². The second-order valence-electron chi connectivity index (χ2n) is 8.51. The van der Waals surface area contributed by atoms with Gasteiger partial charge in [-0.1, -0.05) is 88.3 Å². The average molecular weight is 533 g/mol. The van der Waals surface area contributed by atoms with Gasteiger partial charge in [0.1, 0.15) is 11.7 Å². The smallest absolute Gasteiger partial charge is 0.430 e. The number of carbonyl (C=O) groups excluding carboxylic acids is 1. The molecule has 7 heteroatoms. The summed E-state index contributed by atoms with van der Waals surface area (Å²) < 4.78 is 37.5. The Kier molecular flexibility index (Phi) is 13.7. The Bertz CT molecular complexity index is 970. The van der Waals surface area contributed by atoms with Gasteiger partial charge < -0.3 is 14.6 Å². The Morgan fingerprint density at radius 2 is 1.11 bits per heavy atom. The van der Waals surface area contributed by atoms with Crippen molar-refractivity contribution < 1.29 is 27.8 Å². The summed E-state index contributed by atoms with van der Waals surface area (Å²) in [6.07, 6.45) is 5.43. The molecule has 0 aliphatic heterocycles. The molecule has 0 radical (unpaired) electrons. The van der Waals surface area contributed by atoms with Gasteiger partial charge in [-0.15, -0.1) is 0 Å². The third-order valence-corrected chi connectivity index (χ3v) is 7.75. The molecule has 3 rings (SSSR count). The van der Waals surface area contributed by atoms with Crippen LogP contribution in [0, 0.1) is 0 Å². The molecule has 0 aliphatic carbocycles. The second-order valence-corrected chi connectivity index (χ2v) is 10.5. The molecule has 0 saturated heterocycles. The van der Waals surface area contributed by atoms with Gasteiger partial charge in [-0.05, 0) is 55.0 Å². The zero-order valence-corrected chi connectivity index (χ0v) is 22.0. The van der Waals surface area contributed by atoms with Gasteiger partial charge in [0.2, 0.25) is 0 Å². The summed E-state index contributed by atoms with van der Waals surface area (Å²) in [5, 5.41) is 8.78. The summed E-state index contributed by atoms with van der Waals surface area (Å²) in [5.74, 6) is -2.03. The summed E-state index contributed by atoms with van der Waals surface area (Å²) in [4.78, 5) is 12.8. The minimum atomic E-state index is -5.19. The molecule has 0 unspecified atom stereocenters.